The van der Waals surface area contributed by atoms with Gasteiger partial charge in [-0.3, -0.25) is 4.79 Å². The van der Waals surface area contributed by atoms with Crippen LogP contribution in [0.5, 0.6) is 0 Å². The Bertz CT molecular complexity index is 401. The minimum atomic E-state index is -0.202. The van der Waals surface area contributed by atoms with Gasteiger partial charge in [-0.05, 0) is 31.0 Å². The molecule has 2 unspecified atom stereocenters. The Morgan fingerprint density at radius 3 is 2.39 bits per heavy atom. The van der Waals surface area contributed by atoms with E-state index in [9.17, 15) is 4.79 Å². The fourth-order valence-electron chi connectivity index (χ4n) is 1.48. The largest absolute Gasteiger partial charge is 0.355 e. The molecule has 0 aliphatic heterocycles. The van der Waals surface area contributed by atoms with E-state index in [0.29, 0.717) is 23.0 Å². The van der Waals surface area contributed by atoms with Crippen LogP contribution in [0.25, 0.3) is 0 Å². The predicted octanol–water partition coefficient (Wildman–Crippen LogP) is 2.64. The summed E-state index contributed by atoms with van der Waals surface area (Å²) in [4.78, 5) is 11.7. The highest BCUT2D eigenvalue weighted by Crippen LogP contribution is 2.24. The molecule has 3 nitrogen and oxygen atoms in total. The van der Waals surface area contributed by atoms with Crippen molar-refractivity contribution in [3.63, 3.8) is 0 Å². The van der Waals surface area contributed by atoms with Gasteiger partial charge in [-0.25, -0.2) is 0 Å². The van der Waals surface area contributed by atoms with Crippen molar-refractivity contribution in [2.75, 3.05) is 6.54 Å². The molecule has 0 spiro atoms. The molecule has 1 rings (SSSR count). The first-order valence-electron chi connectivity index (χ1n) is 5.89. The van der Waals surface area contributed by atoms with Crippen molar-refractivity contribution < 1.29 is 4.79 Å². The predicted molar refractivity (Wildman–Crippen MR) is 76.0 cm³/mol. The summed E-state index contributed by atoms with van der Waals surface area (Å²) in [7, 11) is 0. The fraction of sp³-hybridized carbons (Fsp3) is 0.462. The highest BCUT2D eigenvalue weighted by Gasteiger charge is 2.16. The quantitative estimate of drug-likeness (QED) is 0.875. The maximum Gasteiger partial charge on any atom is 0.224 e. The van der Waals surface area contributed by atoms with E-state index in [1.54, 1.807) is 18.2 Å². The summed E-state index contributed by atoms with van der Waals surface area (Å²) in [5.74, 6) is -0.250. The Balaban J connectivity index is 2.50. The van der Waals surface area contributed by atoms with Gasteiger partial charge in [-0.1, -0.05) is 36.2 Å². The number of hydrogen-bond donors (Lipinski definition) is 2. The molecule has 0 fully saturated rings. The number of carbonyl (C=O) groups excluding carboxylic acids is 1. The summed E-state index contributed by atoms with van der Waals surface area (Å²) in [6, 6.07) is 5.21. The molecule has 0 radical (unpaired) electrons. The Morgan fingerprint density at radius 2 is 1.89 bits per heavy atom. The highest BCUT2D eigenvalue weighted by molar-refractivity contribution is 6.35. The second-order valence-electron chi connectivity index (χ2n) is 4.39. The zero-order chi connectivity index (χ0) is 13.7. The van der Waals surface area contributed by atoms with E-state index in [1.807, 2.05) is 13.8 Å². The molecular weight excluding hydrogens is 271 g/mol. The topological polar surface area (TPSA) is 55.1 Å². The van der Waals surface area contributed by atoms with Crippen LogP contribution in [0, 0.1) is 5.92 Å². The van der Waals surface area contributed by atoms with E-state index in [1.165, 1.54) is 0 Å². The van der Waals surface area contributed by atoms with Gasteiger partial charge in [0.15, 0.2) is 0 Å². The lowest BCUT2D eigenvalue weighted by Gasteiger charge is -2.15. The van der Waals surface area contributed by atoms with Gasteiger partial charge in [0, 0.05) is 28.5 Å². The van der Waals surface area contributed by atoms with Crippen LogP contribution in [-0.2, 0) is 11.2 Å². The van der Waals surface area contributed by atoms with Crippen LogP contribution in [0.1, 0.15) is 19.4 Å². The van der Waals surface area contributed by atoms with E-state index in [0.717, 1.165) is 5.56 Å². The van der Waals surface area contributed by atoms with Crippen molar-refractivity contribution in [3.8, 4) is 0 Å². The highest BCUT2D eigenvalue weighted by atomic mass is 35.5. The zero-order valence-corrected chi connectivity index (χ0v) is 12.1. The lowest BCUT2D eigenvalue weighted by Crippen LogP contribution is -2.39. The van der Waals surface area contributed by atoms with Crippen LogP contribution < -0.4 is 11.1 Å². The molecule has 0 saturated carbocycles. The Kier molecular flexibility index (Phi) is 5.93. The third-order valence-corrected chi connectivity index (χ3v) is 3.65. The third-order valence-electron chi connectivity index (χ3n) is 2.94. The Morgan fingerprint density at radius 1 is 1.33 bits per heavy atom. The minimum absolute atomic E-state index is 0.0480. The summed E-state index contributed by atoms with van der Waals surface area (Å²) < 4.78 is 0. The van der Waals surface area contributed by atoms with Crippen LogP contribution >= 0.6 is 23.2 Å². The summed E-state index contributed by atoms with van der Waals surface area (Å²) in [5.41, 5.74) is 6.52. The average molecular weight is 289 g/mol. The summed E-state index contributed by atoms with van der Waals surface area (Å²) in [5, 5.41) is 4.07. The van der Waals surface area contributed by atoms with Crippen LogP contribution in [0.3, 0.4) is 0 Å². The average Bonchev–Trinajstić information content (AvgIpc) is 2.31. The summed E-state index contributed by atoms with van der Waals surface area (Å²) in [6.45, 7) is 4.12. The second-order valence-corrected chi connectivity index (χ2v) is 5.20. The fourth-order valence-corrected chi connectivity index (χ4v) is 2.07. The number of halogens is 2. The molecule has 0 aliphatic rings. The van der Waals surface area contributed by atoms with E-state index in [4.69, 9.17) is 28.9 Å². The number of amides is 1. The number of nitrogens with two attached hydrogens (primary N) is 1. The normalized spacial score (nSPS) is 14.1. The van der Waals surface area contributed by atoms with Crippen LogP contribution in [0.2, 0.25) is 10.0 Å². The molecular formula is C13H18Cl2N2O. The number of rotatable bonds is 5. The lowest BCUT2D eigenvalue weighted by atomic mass is 10.0. The van der Waals surface area contributed by atoms with Crippen LogP contribution in [0.4, 0.5) is 0 Å². The Hall–Kier alpha value is -0.770. The molecule has 5 heteroatoms. The van der Waals surface area contributed by atoms with Gasteiger partial charge in [-0.2, -0.15) is 0 Å². The smallest absolute Gasteiger partial charge is 0.224 e. The SMILES string of the molecule is CC(N)C(C)C(=O)NCCc1c(Cl)cccc1Cl. The molecule has 0 bridgehead atoms. The lowest BCUT2D eigenvalue weighted by molar-refractivity contribution is -0.124. The van der Waals surface area contributed by atoms with Crippen molar-refractivity contribution in [1.29, 1.82) is 0 Å². The van der Waals surface area contributed by atoms with Gasteiger partial charge in [0.2, 0.25) is 5.91 Å². The van der Waals surface area contributed by atoms with Crippen molar-refractivity contribution in [2.24, 2.45) is 11.7 Å². The Labute approximate surface area is 118 Å². The van der Waals surface area contributed by atoms with E-state index >= 15 is 0 Å². The molecule has 0 saturated heterocycles. The van der Waals surface area contributed by atoms with Gasteiger partial charge < -0.3 is 11.1 Å². The maximum atomic E-state index is 11.7. The van der Waals surface area contributed by atoms with Gasteiger partial charge in [-0.15, -0.1) is 0 Å². The first-order valence-corrected chi connectivity index (χ1v) is 6.65. The van der Waals surface area contributed by atoms with Crippen LogP contribution in [0.15, 0.2) is 18.2 Å². The first kappa shape index (κ1) is 15.3. The minimum Gasteiger partial charge on any atom is -0.355 e. The first-order chi connectivity index (χ1) is 8.43. The standard InChI is InChI=1S/C13H18Cl2N2O/c1-8(9(2)16)13(18)17-7-6-10-11(14)4-3-5-12(10)15/h3-5,8-9H,6-7,16H2,1-2H3,(H,17,18). The van der Waals surface area contributed by atoms with E-state index in [-0.39, 0.29) is 17.9 Å². The van der Waals surface area contributed by atoms with Gasteiger partial charge in [0.05, 0.1) is 0 Å². The number of hydrogen-bond acceptors (Lipinski definition) is 2. The van der Waals surface area contributed by atoms with E-state index in [2.05, 4.69) is 5.32 Å². The molecule has 2 atom stereocenters. The van der Waals surface area contributed by atoms with Crippen molar-refractivity contribution in [2.45, 2.75) is 26.3 Å². The number of carbonyl (C=O) groups is 1. The summed E-state index contributed by atoms with van der Waals surface area (Å²) in [6.07, 6.45) is 0.607. The molecule has 1 amide bonds. The molecule has 1 aromatic carbocycles. The molecule has 3 N–H and O–H groups in total. The maximum absolute atomic E-state index is 11.7. The second kappa shape index (κ2) is 6.98. The van der Waals surface area contributed by atoms with Crippen molar-refractivity contribution >= 4 is 29.1 Å². The summed E-state index contributed by atoms with van der Waals surface area (Å²) >= 11 is 12.1. The van der Waals surface area contributed by atoms with Gasteiger partial charge in [0.25, 0.3) is 0 Å². The van der Waals surface area contributed by atoms with Gasteiger partial charge >= 0.3 is 0 Å². The monoisotopic (exact) mass is 288 g/mol. The molecule has 18 heavy (non-hydrogen) atoms. The van der Waals surface area contributed by atoms with E-state index < -0.39 is 0 Å². The molecule has 0 aliphatic carbocycles. The third kappa shape index (κ3) is 4.16. The molecule has 100 valence electrons. The van der Waals surface area contributed by atoms with Crippen molar-refractivity contribution in [1.82, 2.24) is 5.32 Å². The van der Waals surface area contributed by atoms with Gasteiger partial charge in [0.1, 0.15) is 0 Å². The molecule has 0 aromatic heterocycles. The molecule has 0 heterocycles. The van der Waals surface area contributed by atoms with Crippen molar-refractivity contribution in [3.05, 3.63) is 33.8 Å². The number of nitrogens with one attached hydrogen (secondary N) is 1. The number of benzene rings is 1. The molecule has 1 aromatic rings. The zero-order valence-electron chi connectivity index (χ0n) is 10.5. The van der Waals surface area contributed by atoms with Crippen LogP contribution in [-0.4, -0.2) is 18.5 Å².